The second kappa shape index (κ2) is 6.68. The van der Waals surface area contributed by atoms with Gasteiger partial charge in [0, 0.05) is 22.5 Å². The van der Waals surface area contributed by atoms with Crippen LogP contribution in [0.25, 0.3) is 33.2 Å². The van der Waals surface area contributed by atoms with Crippen LogP contribution >= 0.6 is 0 Å². The lowest BCUT2D eigenvalue weighted by atomic mass is 10.0. The Morgan fingerprint density at radius 2 is 1.61 bits per heavy atom. The first kappa shape index (κ1) is 16.3. The second-order valence-electron chi connectivity index (χ2n) is 6.84. The maximum absolute atomic E-state index is 8.94. The number of aromatic nitrogens is 1. The first-order valence-electron chi connectivity index (χ1n) is 9.16. The van der Waals surface area contributed by atoms with Crippen molar-refractivity contribution in [3.63, 3.8) is 0 Å². The zero-order valence-corrected chi connectivity index (χ0v) is 15.1. The van der Waals surface area contributed by atoms with Crippen molar-refractivity contribution >= 4 is 21.9 Å². The van der Waals surface area contributed by atoms with Crippen molar-refractivity contribution in [2.75, 3.05) is 0 Å². The fraction of sp³-hybridized carbons (Fsp3) is 0.0400. The van der Waals surface area contributed by atoms with Gasteiger partial charge in [-0.25, -0.2) is 0 Å². The molecule has 0 atom stereocenters. The lowest BCUT2D eigenvalue weighted by Crippen LogP contribution is -1.91. The highest BCUT2D eigenvalue weighted by Gasteiger charge is 2.09. The van der Waals surface area contributed by atoms with Crippen molar-refractivity contribution in [1.29, 1.82) is 5.26 Å². The molecule has 0 aliphatic carbocycles. The molecule has 0 saturated heterocycles. The lowest BCUT2D eigenvalue weighted by molar-refractivity contribution is 0.669. The summed E-state index contributed by atoms with van der Waals surface area (Å²) in [5.74, 6) is 0. The van der Waals surface area contributed by atoms with E-state index >= 15 is 0 Å². The highest BCUT2D eigenvalue weighted by Crippen LogP contribution is 2.32. The molecule has 0 amide bonds. The number of furan rings is 1. The van der Waals surface area contributed by atoms with E-state index in [9.17, 15) is 0 Å². The third-order valence-corrected chi connectivity index (χ3v) is 4.99. The van der Waals surface area contributed by atoms with Gasteiger partial charge >= 0.3 is 0 Å². The van der Waals surface area contributed by atoms with E-state index in [0.29, 0.717) is 5.56 Å². The molecular weight excluding hydrogens is 344 g/mol. The van der Waals surface area contributed by atoms with Gasteiger partial charge in [0.25, 0.3) is 0 Å². The van der Waals surface area contributed by atoms with E-state index < -0.39 is 0 Å². The average molecular weight is 360 g/mol. The minimum atomic E-state index is 0.680. The van der Waals surface area contributed by atoms with Crippen LogP contribution in [0.2, 0.25) is 0 Å². The second-order valence-corrected chi connectivity index (χ2v) is 6.84. The van der Waals surface area contributed by atoms with E-state index in [-0.39, 0.29) is 0 Å². The zero-order valence-electron chi connectivity index (χ0n) is 15.1. The summed E-state index contributed by atoms with van der Waals surface area (Å²) >= 11 is 0. The Hall–Kier alpha value is -3.90. The molecule has 0 spiro atoms. The van der Waals surface area contributed by atoms with Crippen molar-refractivity contribution in [3.8, 4) is 17.3 Å². The van der Waals surface area contributed by atoms with Crippen molar-refractivity contribution in [2.45, 2.75) is 6.42 Å². The molecule has 3 heteroatoms. The number of fused-ring (bicyclic) bond motifs is 3. The summed E-state index contributed by atoms with van der Waals surface area (Å²) in [6, 6.07) is 28.3. The van der Waals surface area contributed by atoms with E-state index in [2.05, 4.69) is 35.3 Å². The van der Waals surface area contributed by atoms with Crippen molar-refractivity contribution < 1.29 is 4.42 Å². The Morgan fingerprint density at radius 3 is 2.46 bits per heavy atom. The van der Waals surface area contributed by atoms with Gasteiger partial charge in [-0.3, -0.25) is 4.98 Å². The van der Waals surface area contributed by atoms with Gasteiger partial charge in [0.15, 0.2) is 0 Å². The molecule has 0 aliphatic rings. The van der Waals surface area contributed by atoms with Gasteiger partial charge in [0.05, 0.1) is 17.3 Å². The first-order valence-corrected chi connectivity index (χ1v) is 9.16. The van der Waals surface area contributed by atoms with E-state index in [1.165, 1.54) is 11.1 Å². The number of benzene rings is 3. The highest BCUT2D eigenvalue weighted by atomic mass is 16.3. The van der Waals surface area contributed by atoms with Crippen molar-refractivity contribution in [2.24, 2.45) is 0 Å². The number of hydrogen-bond acceptors (Lipinski definition) is 3. The average Bonchev–Trinajstić information content (AvgIpc) is 3.12. The molecule has 0 unspecified atom stereocenters. The molecular formula is C25H16N2O. The highest BCUT2D eigenvalue weighted by molar-refractivity contribution is 6.06. The third kappa shape index (κ3) is 2.91. The molecule has 0 saturated carbocycles. The van der Waals surface area contributed by atoms with Crippen LogP contribution in [0.3, 0.4) is 0 Å². The number of para-hydroxylation sites is 1. The van der Waals surface area contributed by atoms with Crippen LogP contribution in [0.15, 0.2) is 89.5 Å². The molecule has 3 nitrogen and oxygen atoms in total. The van der Waals surface area contributed by atoms with E-state index in [1.54, 1.807) is 0 Å². The van der Waals surface area contributed by atoms with Crippen LogP contribution in [0.1, 0.15) is 16.7 Å². The Kier molecular flexibility index (Phi) is 3.88. The van der Waals surface area contributed by atoms with Gasteiger partial charge in [-0.2, -0.15) is 5.26 Å². The van der Waals surface area contributed by atoms with Crippen LogP contribution < -0.4 is 0 Å². The van der Waals surface area contributed by atoms with Gasteiger partial charge in [-0.05, 0) is 66.1 Å². The smallest absolute Gasteiger partial charge is 0.135 e. The summed E-state index contributed by atoms with van der Waals surface area (Å²) in [6.45, 7) is 0. The lowest BCUT2D eigenvalue weighted by Gasteiger charge is -2.06. The monoisotopic (exact) mass is 360 g/mol. The minimum Gasteiger partial charge on any atom is -0.456 e. The van der Waals surface area contributed by atoms with E-state index in [0.717, 1.165) is 39.6 Å². The minimum absolute atomic E-state index is 0.680. The van der Waals surface area contributed by atoms with Gasteiger partial charge in [-0.15, -0.1) is 0 Å². The number of nitrogens with zero attached hydrogens (tertiary/aromatic N) is 2. The zero-order chi connectivity index (χ0) is 18.9. The molecule has 0 fully saturated rings. The third-order valence-electron chi connectivity index (χ3n) is 4.99. The number of pyridine rings is 1. The standard InChI is InChI=1S/C25H16N2O/c26-16-18-7-5-17(6-8-18)13-19-11-12-27-23(14-19)20-9-10-25-22(15-20)21-3-1-2-4-24(21)28-25/h1-12,14-15H,13H2. The van der Waals surface area contributed by atoms with Gasteiger partial charge in [0.2, 0.25) is 0 Å². The summed E-state index contributed by atoms with van der Waals surface area (Å²) in [7, 11) is 0. The molecule has 0 N–H and O–H groups in total. The Labute approximate surface area is 162 Å². The largest absolute Gasteiger partial charge is 0.456 e. The van der Waals surface area contributed by atoms with Crippen LogP contribution in [-0.2, 0) is 6.42 Å². The SMILES string of the molecule is N#Cc1ccc(Cc2ccnc(-c3ccc4oc5ccccc5c4c3)c2)cc1. The molecule has 2 heterocycles. The van der Waals surface area contributed by atoms with Gasteiger partial charge in [0.1, 0.15) is 11.2 Å². The van der Waals surface area contributed by atoms with Crippen LogP contribution in [0.4, 0.5) is 0 Å². The Balaban J connectivity index is 1.51. The maximum Gasteiger partial charge on any atom is 0.135 e. The first-order chi connectivity index (χ1) is 13.8. The predicted octanol–water partition coefficient (Wildman–Crippen LogP) is 6.11. The summed E-state index contributed by atoms with van der Waals surface area (Å²) in [5, 5.41) is 11.2. The van der Waals surface area contributed by atoms with Gasteiger partial charge < -0.3 is 4.42 Å². The molecule has 3 aromatic carbocycles. The normalized spacial score (nSPS) is 11.0. The molecule has 5 aromatic rings. The summed E-state index contributed by atoms with van der Waals surface area (Å²) in [4.78, 5) is 4.58. The topological polar surface area (TPSA) is 49.8 Å². The van der Waals surface area contributed by atoms with Crippen molar-refractivity contribution in [1.82, 2.24) is 4.98 Å². The molecule has 0 bridgehead atoms. The predicted molar refractivity (Wildman–Crippen MR) is 111 cm³/mol. The van der Waals surface area contributed by atoms with Crippen molar-refractivity contribution in [3.05, 3.63) is 102 Å². The van der Waals surface area contributed by atoms with Crippen LogP contribution in [-0.4, -0.2) is 4.98 Å². The quantitative estimate of drug-likeness (QED) is 0.390. The van der Waals surface area contributed by atoms with Crippen LogP contribution in [0, 0.1) is 11.3 Å². The molecule has 5 rings (SSSR count). The molecule has 2 aromatic heterocycles. The Morgan fingerprint density at radius 1 is 0.786 bits per heavy atom. The maximum atomic E-state index is 8.94. The fourth-order valence-electron chi connectivity index (χ4n) is 3.56. The summed E-state index contributed by atoms with van der Waals surface area (Å²) in [6.07, 6.45) is 2.66. The molecule has 0 aliphatic heterocycles. The number of rotatable bonds is 3. The summed E-state index contributed by atoms with van der Waals surface area (Å²) < 4.78 is 5.92. The summed E-state index contributed by atoms with van der Waals surface area (Å²) in [5.41, 5.74) is 6.84. The molecule has 132 valence electrons. The molecule has 0 radical (unpaired) electrons. The van der Waals surface area contributed by atoms with E-state index in [4.69, 9.17) is 9.68 Å². The number of nitriles is 1. The molecule has 28 heavy (non-hydrogen) atoms. The fourth-order valence-corrected chi connectivity index (χ4v) is 3.56. The van der Waals surface area contributed by atoms with Gasteiger partial charge in [-0.1, -0.05) is 30.3 Å². The van der Waals surface area contributed by atoms with Crippen LogP contribution in [0.5, 0.6) is 0 Å². The Bertz CT molecular complexity index is 1340. The van der Waals surface area contributed by atoms with E-state index in [1.807, 2.05) is 60.8 Å². The number of hydrogen-bond donors (Lipinski definition) is 0.